The number of rotatable bonds is 3. The summed E-state index contributed by atoms with van der Waals surface area (Å²) in [5.74, 6) is 0.896. The smallest absolute Gasteiger partial charge is 0.119 e. The van der Waals surface area contributed by atoms with Crippen molar-refractivity contribution in [2.75, 3.05) is 7.11 Å². The zero-order chi connectivity index (χ0) is 11.5. The Morgan fingerprint density at radius 2 is 1.81 bits per heavy atom. The molecule has 2 rings (SSSR count). The second kappa shape index (κ2) is 4.54. The van der Waals surface area contributed by atoms with E-state index in [0.29, 0.717) is 0 Å². The minimum absolute atomic E-state index is 0.204. The number of methoxy groups -OCH3 is 1. The first-order chi connectivity index (χ1) is 7.69. The summed E-state index contributed by atoms with van der Waals surface area (Å²) in [6.07, 6.45) is 0.919. The predicted octanol–water partition coefficient (Wildman–Crippen LogP) is 2.74. The van der Waals surface area contributed by atoms with Crippen molar-refractivity contribution in [2.24, 2.45) is 5.73 Å². The summed E-state index contributed by atoms with van der Waals surface area (Å²) in [5.41, 5.74) is 7.08. The molecule has 0 saturated carbocycles. The van der Waals surface area contributed by atoms with Gasteiger partial charge in [0.05, 0.1) is 7.11 Å². The molecule has 0 amide bonds. The van der Waals surface area contributed by atoms with Crippen LogP contribution in [0, 0.1) is 0 Å². The van der Waals surface area contributed by atoms with Crippen LogP contribution in [0.1, 0.15) is 12.5 Å². The van der Waals surface area contributed by atoms with Gasteiger partial charge in [-0.1, -0.05) is 24.3 Å². The summed E-state index contributed by atoms with van der Waals surface area (Å²) in [7, 11) is 1.69. The fourth-order valence-electron chi connectivity index (χ4n) is 1.90. The molecule has 0 radical (unpaired) electrons. The van der Waals surface area contributed by atoms with Gasteiger partial charge in [0.25, 0.3) is 0 Å². The van der Waals surface area contributed by atoms with E-state index in [0.717, 1.165) is 12.2 Å². The number of nitrogens with two attached hydrogens (primary N) is 1. The second-order valence-corrected chi connectivity index (χ2v) is 4.23. The molecule has 0 aromatic heterocycles. The Bertz CT molecular complexity index is 491. The first-order valence-corrected chi connectivity index (χ1v) is 5.51. The van der Waals surface area contributed by atoms with E-state index in [2.05, 4.69) is 24.3 Å². The van der Waals surface area contributed by atoms with Crippen LogP contribution in [0.15, 0.2) is 36.4 Å². The van der Waals surface area contributed by atoms with Gasteiger partial charge in [0, 0.05) is 6.04 Å². The molecule has 2 aromatic rings. The molecule has 0 aliphatic rings. The molecule has 0 unspecified atom stereocenters. The first kappa shape index (κ1) is 11.0. The van der Waals surface area contributed by atoms with Crippen LogP contribution in [0.3, 0.4) is 0 Å². The Balaban J connectivity index is 2.39. The van der Waals surface area contributed by atoms with Crippen molar-refractivity contribution >= 4 is 10.8 Å². The van der Waals surface area contributed by atoms with Crippen molar-refractivity contribution in [1.82, 2.24) is 0 Å². The maximum atomic E-state index is 5.79. The van der Waals surface area contributed by atoms with Crippen LogP contribution in [0.2, 0.25) is 0 Å². The van der Waals surface area contributed by atoms with Gasteiger partial charge in [0.1, 0.15) is 5.75 Å². The summed E-state index contributed by atoms with van der Waals surface area (Å²) >= 11 is 0. The first-order valence-electron chi connectivity index (χ1n) is 5.51. The molecule has 0 aliphatic heterocycles. The van der Waals surface area contributed by atoms with Gasteiger partial charge in [0.2, 0.25) is 0 Å². The van der Waals surface area contributed by atoms with Gasteiger partial charge in [-0.05, 0) is 41.8 Å². The number of ether oxygens (including phenoxy) is 1. The maximum Gasteiger partial charge on any atom is 0.119 e. The topological polar surface area (TPSA) is 35.2 Å². The number of hydrogen-bond acceptors (Lipinski definition) is 2. The Morgan fingerprint density at radius 3 is 2.50 bits per heavy atom. The largest absolute Gasteiger partial charge is 0.497 e. The summed E-state index contributed by atoms with van der Waals surface area (Å²) in [6, 6.07) is 12.8. The van der Waals surface area contributed by atoms with Crippen molar-refractivity contribution < 1.29 is 4.74 Å². The maximum absolute atomic E-state index is 5.79. The van der Waals surface area contributed by atoms with Gasteiger partial charge in [-0.25, -0.2) is 0 Å². The van der Waals surface area contributed by atoms with Gasteiger partial charge >= 0.3 is 0 Å². The lowest BCUT2D eigenvalue weighted by molar-refractivity contribution is 0.415. The highest BCUT2D eigenvalue weighted by atomic mass is 16.5. The zero-order valence-electron chi connectivity index (χ0n) is 9.73. The highest BCUT2D eigenvalue weighted by molar-refractivity contribution is 5.84. The van der Waals surface area contributed by atoms with E-state index in [1.807, 2.05) is 19.1 Å². The molecule has 0 heterocycles. The molecular weight excluding hydrogens is 198 g/mol. The molecule has 2 aromatic carbocycles. The van der Waals surface area contributed by atoms with Gasteiger partial charge in [-0.2, -0.15) is 0 Å². The minimum atomic E-state index is 0.204. The Morgan fingerprint density at radius 1 is 1.12 bits per heavy atom. The van der Waals surface area contributed by atoms with Gasteiger partial charge in [-0.15, -0.1) is 0 Å². The van der Waals surface area contributed by atoms with Crippen molar-refractivity contribution in [2.45, 2.75) is 19.4 Å². The molecule has 0 fully saturated rings. The molecular formula is C14H17NO. The van der Waals surface area contributed by atoms with Gasteiger partial charge in [0.15, 0.2) is 0 Å². The molecule has 2 heteroatoms. The average molecular weight is 215 g/mol. The van der Waals surface area contributed by atoms with E-state index in [9.17, 15) is 0 Å². The van der Waals surface area contributed by atoms with Crippen LogP contribution >= 0.6 is 0 Å². The summed E-state index contributed by atoms with van der Waals surface area (Å²) in [4.78, 5) is 0. The van der Waals surface area contributed by atoms with Crippen LogP contribution in [-0.2, 0) is 6.42 Å². The summed E-state index contributed by atoms with van der Waals surface area (Å²) in [6.45, 7) is 2.03. The Kier molecular flexibility index (Phi) is 3.11. The van der Waals surface area contributed by atoms with E-state index in [-0.39, 0.29) is 6.04 Å². The highest BCUT2D eigenvalue weighted by Gasteiger charge is 2.01. The van der Waals surface area contributed by atoms with Crippen molar-refractivity contribution in [1.29, 1.82) is 0 Å². The number of hydrogen-bond donors (Lipinski definition) is 1. The van der Waals surface area contributed by atoms with Crippen molar-refractivity contribution in [3.8, 4) is 5.75 Å². The lowest BCUT2D eigenvalue weighted by atomic mass is 10.0. The van der Waals surface area contributed by atoms with Crippen LogP contribution in [-0.4, -0.2) is 13.2 Å². The fourth-order valence-corrected chi connectivity index (χ4v) is 1.90. The van der Waals surface area contributed by atoms with Gasteiger partial charge < -0.3 is 10.5 Å². The SMILES string of the molecule is COc1ccc2cc(C[C@@H](C)N)ccc2c1. The molecule has 0 aliphatic carbocycles. The third-order valence-electron chi connectivity index (χ3n) is 2.67. The number of benzene rings is 2. The predicted molar refractivity (Wildman–Crippen MR) is 67.9 cm³/mol. The van der Waals surface area contributed by atoms with E-state index < -0.39 is 0 Å². The van der Waals surface area contributed by atoms with Crippen LogP contribution in [0.25, 0.3) is 10.8 Å². The molecule has 16 heavy (non-hydrogen) atoms. The van der Waals surface area contributed by atoms with Crippen molar-refractivity contribution in [3.05, 3.63) is 42.0 Å². The third-order valence-corrected chi connectivity index (χ3v) is 2.67. The third kappa shape index (κ3) is 2.34. The van der Waals surface area contributed by atoms with E-state index in [1.54, 1.807) is 7.11 Å². The van der Waals surface area contributed by atoms with Crippen LogP contribution < -0.4 is 10.5 Å². The van der Waals surface area contributed by atoms with E-state index >= 15 is 0 Å². The molecule has 0 spiro atoms. The standard InChI is InChI=1S/C14H17NO/c1-10(15)7-11-3-4-13-9-14(16-2)6-5-12(13)8-11/h3-6,8-10H,7,15H2,1-2H3/t10-/m1/s1. The molecule has 1 atom stereocenters. The van der Waals surface area contributed by atoms with Gasteiger partial charge in [-0.3, -0.25) is 0 Å². The van der Waals surface area contributed by atoms with Crippen molar-refractivity contribution in [3.63, 3.8) is 0 Å². The second-order valence-electron chi connectivity index (χ2n) is 4.23. The lowest BCUT2D eigenvalue weighted by Crippen LogP contribution is -2.17. The monoisotopic (exact) mass is 215 g/mol. The quantitative estimate of drug-likeness (QED) is 0.854. The Hall–Kier alpha value is -1.54. The molecule has 0 saturated heterocycles. The Labute approximate surface area is 96.0 Å². The fraction of sp³-hybridized carbons (Fsp3) is 0.286. The minimum Gasteiger partial charge on any atom is -0.497 e. The van der Waals surface area contributed by atoms with Crippen LogP contribution in [0.4, 0.5) is 0 Å². The van der Waals surface area contributed by atoms with E-state index in [1.165, 1.54) is 16.3 Å². The highest BCUT2D eigenvalue weighted by Crippen LogP contribution is 2.22. The van der Waals surface area contributed by atoms with Crippen LogP contribution in [0.5, 0.6) is 5.75 Å². The average Bonchev–Trinajstić information content (AvgIpc) is 2.27. The molecule has 0 bridgehead atoms. The summed E-state index contributed by atoms with van der Waals surface area (Å²) < 4.78 is 5.20. The summed E-state index contributed by atoms with van der Waals surface area (Å²) in [5, 5.41) is 2.44. The molecule has 2 N–H and O–H groups in total. The lowest BCUT2D eigenvalue weighted by Gasteiger charge is -2.07. The molecule has 2 nitrogen and oxygen atoms in total. The van der Waals surface area contributed by atoms with E-state index in [4.69, 9.17) is 10.5 Å². The zero-order valence-corrected chi connectivity index (χ0v) is 9.73. The normalized spacial score (nSPS) is 12.7. The molecule has 84 valence electrons. The number of fused-ring (bicyclic) bond motifs is 1.